The molecule has 0 aliphatic rings. The number of nitrogen functional groups attached to an aromatic ring is 1. The van der Waals surface area contributed by atoms with E-state index in [9.17, 15) is 9.90 Å². The number of rotatable bonds is 6. The SMILES string of the molecule is CCN(c1cc(N)ccc1C(=O)O)C(C)COC. The summed E-state index contributed by atoms with van der Waals surface area (Å²) in [6, 6.07) is 4.91. The Morgan fingerprint density at radius 1 is 1.56 bits per heavy atom. The van der Waals surface area contributed by atoms with E-state index in [1.807, 2.05) is 18.7 Å². The topological polar surface area (TPSA) is 75.8 Å². The second kappa shape index (κ2) is 6.26. The third-order valence-electron chi connectivity index (χ3n) is 2.84. The molecule has 100 valence electrons. The zero-order valence-electron chi connectivity index (χ0n) is 11.0. The third kappa shape index (κ3) is 3.13. The third-order valence-corrected chi connectivity index (χ3v) is 2.84. The van der Waals surface area contributed by atoms with E-state index in [2.05, 4.69) is 0 Å². The molecular formula is C13H20N2O3. The lowest BCUT2D eigenvalue weighted by atomic mass is 10.1. The summed E-state index contributed by atoms with van der Waals surface area (Å²) in [5.74, 6) is -0.951. The Labute approximate surface area is 107 Å². The van der Waals surface area contributed by atoms with Gasteiger partial charge in [-0.15, -0.1) is 0 Å². The lowest BCUT2D eigenvalue weighted by Crippen LogP contribution is -2.37. The largest absolute Gasteiger partial charge is 0.478 e. The lowest BCUT2D eigenvalue weighted by molar-refractivity contribution is 0.0697. The fourth-order valence-corrected chi connectivity index (χ4v) is 2.02. The van der Waals surface area contributed by atoms with E-state index in [4.69, 9.17) is 10.5 Å². The van der Waals surface area contributed by atoms with E-state index in [0.717, 1.165) is 0 Å². The van der Waals surface area contributed by atoms with Crippen molar-refractivity contribution in [3.8, 4) is 0 Å². The molecule has 0 aliphatic heterocycles. The molecule has 1 aromatic rings. The van der Waals surface area contributed by atoms with Gasteiger partial charge in [0.15, 0.2) is 0 Å². The van der Waals surface area contributed by atoms with Gasteiger partial charge in [0.1, 0.15) is 0 Å². The van der Waals surface area contributed by atoms with Gasteiger partial charge in [-0.05, 0) is 32.0 Å². The van der Waals surface area contributed by atoms with Crippen molar-refractivity contribution in [2.24, 2.45) is 0 Å². The van der Waals surface area contributed by atoms with Crippen molar-refractivity contribution in [2.45, 2.75) is 19.9 Å². The molecule has 0 fully saturated rings. The van der Waals surface area contributed by atoms with Crippen LogP contribution < -0.4 is 10.6 Å². The second-order valence-electron chi connectivity index (χ2n) is 4.17. The number of hydrogen-bond acceptors (Lipinski definition) is 4. The first-order valence-corrected chi connectivity index (χ1v) is 5.89. The highest BCUT2D eigenvalue weighted by Gasteiger charge is 2.19. The van der Waals surface area contributed by atoms with E-state index in [-0.39, 0.29) is 11.6 Å². The highest BCUT2D eigenvalue weighted by molar-refractivity contribution is 5.95. The number of methoxy groups -OCH3 is 1. The minimum atomic E-state index is -0.951. The van der Waals surface area contributed by atoms with Crippen LogP contribution in [0.5, 0.6) is 0 Å². The highest BCUT2D eigenvalue weighted by Crippen LogP contribution is 2.25. The summed E-state index contributed by atoms with van der Waals surface area (Å²) in [7, 11) is 1.63. The van der Waals surface area contributed by atoms with Crippen LogP contribution in [0.4, 0.5) is 11.4 Å². The van der Waals surface area contributed by atoms with Crippen molar-refractivity contribution in [3.05, 3.63) is 23.8 Å². The van der Waals surface area contributed by atoms with Gasteiger partial charge in [0.05, 0.1) is 17.9 Å². The fourth-order valence-electron chi connectivity index (χ4n) is 2.02. The second-order valence-corrected chi connectivity index (χ2v) is 4.17. The van der Waals surface area contributed by atoms with Gasteiger partial charge in [-0.2, -0.15) is 0 Å². The van der Waals surface area contributed by atoms with Gasteiger partial charge in [-0.3, -0.25) is 0 Å². The number of hydrogen-bond donors (Lipinski definition) is 2. The Morgan fingerprint density at radius 3 is 2.72 bits per heavy atom. The first-order valence-electron chi connectivity index (χ1n) is 5.89. The molecule has 1 atom stereocenters. The quantitative estimate of drug-likeness (QED) is 0.755. The van der Waals surface area contributed by atoms with Gasteiger partial charge in [0.25, 0.3) is 0 Å². The molecule has 0 saturated carbocycles. The van der Waals surface area contributed by atoms with Crippen LogP contribution in [-0.2, 0) is 4.74 Å². The number of aromatic carboxylic acids is 1. The average Bonchev–Trinajstić information content (AvgIpc) is 2.30. The summed E-state index contributed by atoms with van der Waals surface area (Å²) in [6.45, 7) is 5.18. The number of likely N-dealkylation sites (N-methyl/N-ethyl adjacent to an activating group) is 1. The fraction of sp³-hybridized carbons (Fsp3) is 0.462. The number of benzene rings is 1. The first kappa shape index (κ1) is 14.3. The van der Waals surface area contributed by atoms with Gasteiger partial charge in [-0.25, -0.2) is 4.79 Å². The minimum absolute atomic E-state index is 0.0832. The molecule has 1 rings (SSSR count). The Hall–Kier alpha value is -1.75. The Morgan fingerprint density at radius 2 is 2.22 bits per heavy atom. The predicted molar refractivity (Wildman–Crippen MR) is 72.2 cm³/mol. The molecule has 3 N–H and O–H groups in total. The molecular weight excluding hydrogens is 232 g/mol. The van der Waals surface area contributed by atoms with Crippen molar-refractivity contribution in [3.63, 3.8) is 0 Å². The maximum absolute atomic E-state index is 11.2. The van der Waals surface area contributed by atoms with E-state index >= 15 is 0 Å². The van der Waals surface area contributed by atoms with E-state index in [1.54, 1.807) is 19.2 Å². The van der Waals surface area contributed by atoms with Crippen LogP contribution >= 0.6 is 0 Å². The van der Waals surface area contributed by atoms with Crippen LogP contribution in [0.15, 0.2) is 18.2 Å². The molecule has 1 aromatic carbocycles. The zero-order valence-corrected chi connectivity index (χ0v) is 11.0. The van der Waals surface area contributed by atoms with Gasteiger partial charge >= 0.3 is 5.97 Å². The number of ether oxygens (including phenoxy) is 1. The summed E-state index contributed by atoms with van der Waals surface area (Å²) in [4.78, 5) is 13.2. The summed E-state index contributed by atoms with van der Waals surface area (Å²) in [5.41, 5.74) is 7.19. The Balaban J connectivity index is 3.18. The van der Waals surface area contributed by atoms with Crippen LogP contribution in [-0.4, -0.2) is 37.4 Å². The Bertz CT molecular complexity index is 421. The predicted octanol–water partition coefficient (Wildman–Crippen LogP) is 1.83. The van der Waals surface area contributed by atoms with E-state index in [0.29, 0.717) is 24.5 Å². The molecule has 0 heterocycles. The molecule has 1 unspecified atom stereocenters. The average molecular weight is 252 g/mol. The van der Waals surface area contributed by atoms with Crippen LogP contribution in [0.2, 0.25) is 0 Å². The molecule has 0 bridgehead atoms. The number of carboxylic acid groups (broad SMARTS) is 1. The maximum atomic E-state index is 11.2. The molecule has 0 aliphatic carbocycles. The zero-order chi connectivity index (χ0) is 13.7. The number of nitrogens with zero attached hydrogens (tertiary/aromatic N) is 1. The van der Waals surface area contributed by atoms with Gasteiger partial charge in [-0.1, -0.05) is 0 Å². The number of carbonyl (C=O) groups is 1. The smallest absolute Gasteiger partial charge is 0.337 e. The van der Waals surface area contributed by atoms with E-state index in [1.165, 1.54) is 6.07 Å². The summed E-state index contributed by atoms with van der Waals surface area (Å²) >= 11 is 0. The summed E-state index contributed by atoms with van der Waals surface area (Å²) < 4.78 is 5.12. The van der Waals surface area contributed by atoms with Crippen molar-refractivity contribution in [2.75, 3.05) is 30.9 Å². The van der Waals surface area contributed by atoms with Crippen LogP contribution in [0.3, 0.4) is 0 Å². The van der Waals surface area contributed by atoms with Crippen molar-refractivity contribution >= 4 is 17.3 Å². The van der Waals surface area contributed by atoms with Gasteiger partial charge in [0.2, 0.25) is 0 Å². The van der Waals surface area contributed by atoms with Crippen LogP contribution in [0.1, 0.15) is 24.2 Å². The lowest BCUT2D eigenvalue weighted by Gasteiger charge is -2.31. The number of anilines is 2. The van der Waals surface area contributed by atoms with Crippen molar-refractivity contribution in [1.82, 2.24) is 0 Å². The summed E-state index contributed by atoms with van der Waals surface area (Å²) in [5, 5.41) is 9.21. The molecule has 18 heavy (non-hydrogen) atoms. The normalized spacial score (nSPS) is 12.2. The molecule has 0 radical (unpaired) electrons. The van der Waals surface area contributed by atoms with Crippen molar-refractivity contribution < 1.29 is 14.6 Å². The molecule has 5 nitrogen and oxygen atoms in total. The van der Waals surface area contributed by atoms with E-state index < -0.39 is 5.97 Å². The van der Waals surface area contributed by atoms with Crippen LogP contribution in [0.25, 0.3) is 0 Å². The van der Waals surface area contributed by atoms with Gasteiger partial charge < -0.3 is 20.5 Å². The summed E-state index contributed by atoms with van der Waals surface area (Å²) in [6.07, 6.45) is 0. The first-order chi connectivity index (χ1) is 8.51. The van der Waals surface area contributed by atoms with Crippen LogP contribution in [0, 0.1) is 0 Å². The standard InChI is InChI=1S/C13H20N2O3/c1-4-15(9(2)8-18-3)12-7-10(14)5-6-11(12)13(16)17/h5-7,9H,4,8,14H2,1-3H3,(H,16,17). The minimum Gasteiger partial charge on any atom is -0.478 e. The maximum Gasteiger partial charge on any atom is 0.337 e. The molecule has 0 amide bonds. The monoisotopic (exact) mass is 252 g/mol. The number of carboxylic acids is 1. The molecule has 5 heteroatoms. The molecule has 0 spiro atoms. The Kier molecular flexibility index (Phi) is 4.97. The van der Waals surface area contributed by atoms with Gasteiger partial charge in [0, 0.05) is 25.4 Å². The molecule has 0 saturated heterocycles. The number of nitrogens with two attached hydrogens (primary N) is 1. The van der Waals surface area contributed by atoms with Crippen molar-refractivity contribution in [1.29, 1.82) is 0 Å². The molecule has 0 aromatic heterocycles. The highest BCUT2D eigenvalue weighted by atomic mass is 16.5.